The molecule has 0 unspecified atom stereocenters. The molecule has 20 heavy (non-hydrogen) atoms. The van der Waals surface area contributed by atoms with E-state index in [-0.39, 0.29) is 0 Å². The molecule has 0 aliphatic carbocycles. The molecule has 0 aromatic carbocycles. The zero-order valence-electron chi connectivity index (χ0n) is 11.2. The lowest BCUT2D eigenvalue weighted by Crippen LogP contribution is -2.44. The molecule has 2 aromatic heterocycles. The van der Waals surface area contributed by atoms with E-state index in [0.717, 1.165) is 37.6 Å². The highest BCUT2D eigenvalue weighted by Crippen LogP contribution is 2.23. The van der Waals surface area contributed by atoms with Crippen LogP contribution >= 0.6 is 0 Å². The van der Waals surface area contributed by atoms with Crippen molar-refractivity contribution in [3.63, 3.8) is 0 Å². The summed E-state index contributed by atoms with van der Waals surface area (Å²) in [5, 5.41) is 3.32. The van der Waals surface area contributed by atoms with Crippen molar-refractivity contribution in [2.75, 3.05) is 31.1 Å². The van der Waals surface area contributed by atoms with E-state index in [2.05, 4.69) is 25.2 Å². The first-order chi connectivity index (χ1) is 9.93. The molecule has 6 nitrogen and oxygen atoms in total. The topological polar surface area (TPSA) is 63.2 Å². The molecule has 0 spiro atoms. The Balaban J connectivity index is 1.72. The summed E-state index contributed by atoms with van der Waals surface area (Å²) in [7, 11) is 0. The third-order valence-electron chi connectivity index (χ3n) is 3.16. The minimum atomic E-state index is 0.450. The largest absolute Gasteiger partial charge is 0.470 e. The molecule has 6 heteroatoms. The van der Waals surface area contributed by atoms with Crippen molar-refractivity contribution in [1.82, 2.24) is 20.3 Å². The van der Waals surface area contributed by atoms with Crippen LogP contribution in [0.2, 0.25) is 0 Å². The molecule has 0 atom stereocenters. The summed E-state index contributed by atoms with van der Waals surface area (Å²) in [5.41, 5.74) is 1.02. The molecule has 3 heterocycles. The number of nitrogens with one attached hydrogen (secondary N) is 1. The van der Waals surface area contributed by atoms with Gasteiger partial charge >= 0.3 is 0 Å². The second-order valence-electron chi connectivity index (χ2n) is 4.57. The van der Waals surface area contributed by atoms with Gasteiger partial charge in [-0.25, -0.2) is 9.97 Å². The minimum absolute atomic E-state index is 0.450. The Morgan fingerprint density at radius 1 is 1.15 bits per heavy atom. The molecule has 1 aliphatic heterocycles. The van der Waals surface area contributed by atoms with Crippen molar-refractivity contribution < 1.29 is 4.74 Å². The van der Waals surface area contributed by atoms with Gasteiger partial charge in [-0.3, -0.25) is 4.98 Å². The van der Waals surface area contributed by atoms with Gasteiger partial charge in [-0.05, 0) is 6.07 Å². The lowest BCUT2D eigenvalue weighted by Gasteiger charge is -2.28. The lowest BCUT2D eigenvalue weighted by atomic mass is 10.3. The van der Waals surface area contributed by atoms with Gasteiger partial charge in [0.2, 0.25) is 0 Å². The number of piperazine rings is 1. The van der Waals surface area contributed by atoms with Crippen LogP contribution in [0, 0.1) is 0 Å². The number of hydrogen-bond acceptors (Lipinski definition) is 6. The normalized spacial score (nSPS) is 15.1. The quantitative estimate of drug-likeness (QED) is 0.890. The first kappa shape index (κ1) is 12.8. The van der Waals surface area contributed by atoms with E-state index < -0.39 is 0 Å². The molecule has 0 radical (unpaired) electrons. The fourth-order valence-electron chi connectivity index (χ4n) is 2.15. The van der Waals surface area contributed by atoms with Gasteiger partial charge in [-0.1, -0.05) is 6.07 Å². The van der Waals surface area contributed by atoms with E-state index in [1.165, 1.54) is 0 Å². The predicted octanol–water partition coefficient (Wildman–Crippen LogP) is 0.860. The Labute approximate surface area is 117 Å². The standard InChI is InChI=1S/C14H17N5O/c1-2-12(10-16-3-1)11-20-14-13(17-4-5-18-14)19-8-6-15-7-9-19/h1-5,10,15H,6-9,11H2. The van der Waals surface area contributed by atoms with Gasteiger partial charge < -0.3 is 15.0 Å². The zero-order chi connectivity index (χ0) is 13.6. The maximum atomic E-state index is 5.80. The van der Waals surface area contributed by atoms with Crippen LogP contribution in [0.25, 0.3) is 0 Å². The average Bonchev–Trinajstić information content (AvgIpc) is 2.55. The van der Waals surface area contributed by atoms with Crippen LogP contribution in [0.3, 0.4) is 0 Å². The molecule has 1 aliphatic rings. The van der Waals surface area contributed by atoms with Crippen molar-refractivity contribution in [2.45, 2.75) is 6.61 Å². The van der Waals surface area contributed by atoms with Crippen molar-refractivity contribution >= 4 is 5.82 Å². The van der Waals surface area contributed by atoms with E-state index in [4.69, 9.17) is 4.74 Å². The number of ether oxygens (including phenoxy) is 1. The van der Waals surface area contributed by atoms with E-state index in [9.17, 15) is 0 Å². The van der Waals surface area contributed by atoms with Crippen LogP contribution in [0.1, 0.15) is 5.56 Å². The van der Waals surface area contributed by atoms with Gasteiger partial charge in [0.25, 0.3) is 5.88 Å². The summed E-state index contributed by atoms with van der Waals surface area (Å²) in [6.07, 6.45) is 6.90. The van der Waals surface area contributed by atoms with Gasteiger partial charge in [-0.2, -0.15) is 0 Å². The van der Waals surface area contributed by atoms with Crippen molar-refractivity contribution in [1.29, 1.82) is 0 Å². The fraction of sp³-hybridized carbons (Fsp3) is 0.357. The van der Waals surface area contributed by atoms with Crippen LogP contribution in [-0.4, -0.2) is 41.1 Å². The fourth-order valence-corrected chi connectivity index (χ4v) is 2.15. The Bertz CT molecular complexity index is 542. The SMILES string of the molecule is c1cncc(COc2nccnc2N2CCNCC2)c1. The van der Waals surface area contributed by atoms with E-state index >= 15 is 0 Å². The van der Waals surface area contributed by atoms with E-state index in [0.29, 0.717) is 12.5 Å². The monoisotopic (exact) mass is 271 g/mol. The molecule has 104 valence electrons. The first-order valence-corrected chi connectivity index (χ1v) is 6.72. The first-order valence-electron chi connectivity index (χ1n) is 6.72. The molecule has 0 amide bonds. The summed E-state index contributed by atoms with van der Waals surface area (Å²) in [5.74, 6) is 1.40. The molecule has 3 rings (SSSR count). The summed E-state index contributed by atoms with van der Waals surface area (Å²) in [6.45, 7) is 4.20. The molecular weight excluding hydrogens is 254 g/mol. The Morgan fingerprint density at radius 3 is 2.80 bits per heavy atom. The van der Waals surface area contributed by atoms with Gasteiger partial charge in [0.1, 0.15) is 6.61 Å². The lowest BCUT2D eigenvalue weighted by molar-refractivity contribution is 0.292. The van der Waals surface area contributed by atoms with Gasteiger partial charge in [-0.15, -0.1) is 0 Å². The van der Waals surface area contributed by atoms with E-state index in [1.807, 2.05) is 12.1 Å². The maximum absolute atomic E-state index is 5.80. The van der Waals surface area contributed by atoms with Crippen molar-refractivity contribution in [3.05, 3.63) is 42.5 Å². The number of aromatic nitrogens is 3. The molecular formula is C14H17N5O. The highest BCUT2D eigenvalue weighted by molar-refractivity contribution is 5.48. The number of hydrogen-bond donors (Lipinski definition) is 1. The Hall–Kier alpha value is -2.21. The predicted molar refractivity (Wildman–Crippen MR) is 75.7 cm³/mol. The summed E-state index contributed by atoms with van der Waals surface area (Å²) in [6, 6.07) is 3.88. The van der Waals surface area contributed by atoms with E-state index in [1.54, 1.807) is 24.8 Å². The van der Waals surface area contributed by atoms with Crippen LogP contribution in [0.4, 0.5) is 5.82 Å². The summed E-state index contributed by atoms with van der Waals surface area (Å²) in [4.78, 5) is 15.0. The average molecular weight is 271 g/mol. The smallest absolute Gasteiger partial charge is 0.257 e. The van der Waals surface area contributed by atoms with Gasteiger partial charge in [0.15, 0.2) is 5.82 Å². The molecule has 0 bridgehead atoms. The van der Waals surface area contributed by atoms with Crippen molar-refractivity contribution in [3.8, 4) is 5.88 Å². The van der Waals surface area contributed by atoms with Gasteiger partial charge in [0, 0.05) is 56.5 Å². The minimum Gasteiger partial charge on any atom is -0.470 e. The molecule has 1 saturated heterocycles. The molecule has 1 N–H and O–H groups in total. The number of pyridine rings is 1. The van der Waals surface area contributed by atoms with Crippen LogP contribution in [0.15, 0.2) is 36.9 Å². The Morgan fingerprint density at radius 2 is 2.00 bits per heavy atom. The highest BCUT2D eigenvalue weighted by atomic mass is 16.5. The molecule has 0 saturated carbocycles. The van der Waals surface area contributed by atoms with Crippen molar-refractivity contribution in [2.24, 2.45) is 0 Å². The number of nitrogens with zero attached hydrogens (tertiary/aromatic N) is 4. The van der Waals surface area contributed by atoms with Crippen LogP contribution in [-0.2, 0) is 6.61 Å². The Kier molecular flexibility index (Phi) is 4.03. The molecule has 2 aromatic rings. The molecule has 1 fully saturated rings. The third-order valence-corrected chi connectivity index (χ3v) is 3.16. The number of anilines is 1. The zero-order valence-corrected chi connectivity index (χ0v) is 11.2. The van der Waals surface area contributed by atoms with Crippen LogP contribution < -0.4 is 15.0 Å². The van der Waals surface area contributed by atoms with Crippen LogP contribution in [0.5, 0.6) is 5.88 Å². The maximum Gasteiger partial charge on any atom is 0.257 e. The summed E-state index contributed by atoms with van der Waals surface area (Å²) >= 11 is 0. The second kappa shape index (κ2) is 6.29. The third kappa shape index (κ3) is 3.03. The highest BCUT2D eigenvalue weighted by Gasteiger charge is 2.17. The van der Waals surface area contributed by atoms with Gasteiger partial charge in [0.05, 0.1) is 0 Å². The number of rotatable bonds is 4. The second-order valence-corrected chi connectivity index (χ2v) is 4.57. The summed E-state index contributed by atoms with van der Waals surface area (Å²) < 4.78 is 5.80.